The van der Waals surface area contributed by atoms with Crippen LogP contribution < -0.4 is 10.6 Å². The van der Waals surface area contributed by atoms with Crippen LogP contribution in [-0.2, 0) is 20.9 Å². The lowest BCUT2D eigenvalue weighted by molar-refractivity contribution is -0.234. The number of aliphatic carboxylic acids is 1. The highest BCUT2D eigenvalue weighted by atomic mass is 35.5. The van der Waals surface area contributed by atoms with Gasteiger partial charge < -0.3 is 40.7 Å². The number of aromatic nitrogens is 4. The van der Waals surface area contributed by atoms with Crippen molar-refractivity contribution in [3.05, 3.63) is 74.0 Å². The van der Waals surface area contributed by atoms with Gasteiger partial charge in [-0.25, -0.2) is 9.78 Å². The number of benzene rings is 1. The number of ether oxygens (including phenoxy) is 1. The lowest BCUT2D eigenvalue weighted by Gasteiger charge is -2.69. The minimum absolute atomic E-state index is 0.0474. The summed E-state index contributed by atoms with van der Waals surface area (Å²) >= 11 is 18.7. The first kappa shape index (κ1) is 48.3. The summed E-state index contributed by atoms with van der Waals surface area (Å²) in [7, 11) is 0. The van der Waals surface area contributed by atoms with Crippen LogP contribution in [0.4, 0.5) is 5.95 Å². The van der Waals surface area contributed by atoms with Gasteiger partial charge in [0.05, 0.1) is 33.3 Å². The number of nitrogens with one attached hydrogen (secondary N) is 4. The molecule has 4 saturated carbocycles. The van der Waals surface area contributed by atoms with E-state index < -0.39 is 24.1 Å². The number of hydrogen-bond donors (Lipinski definition) is 7. The summed E-state index contributed by atoms with van der Waals surface area (Å²) in [5.41, 5.74) is 4.94. The molecule has 4 aliphatic rings. The van der Waals surface area contributed by atoms with Gasteiger partial charge in [-0.15, -0.1) is 0 Å². The number of carboxylic acid groups (broad SMARTS) is 1. The normalized spacial score (nSPS) is 31.6. The number of anilines is 1. The van der Waals surface area contributed by atoms with E-state index in [1.807, 2.05) is 38.1 Å². The summed E-state index contributed by atoms with van der Waals surface area (Å²) in [5.74, 6) is -0.179. The minimum Gasteiger partial charge on any atom is -0.478 e. The number of aromatic amines is 2. The second kappa shape index (κ2) is 19.3. The summed E-state index contributed by atoms with van der Waals surface area (Å²) in [6.45, 7) is 16.7. The quantitative estimate of drug-likeness (QED) is 0.0312. The van der Waals surface area contributed by atoms with Crippen molar-refractivity contribution in [2.24, 2.45) is 39.9 Å². The maximum atomic E-state index is 12.6. The summed E-state index contributed by atoms with van der Waals surface area (Å²) < 4.78 is 5.87. The van der Waals surface area contributed by atoms with E-state index in [1.54, 1.807) is 12.3 Å². The zero-order chi connectivity index (χ0) is 46.3. The van der Waals surface area contributed by atoms with Gasteiger partial charge in [0.2, 0.25) is 5.95 Å². The Kier molecular flexibility index (Phi) is 14.6. The molecule has 8 rings (SSSR count). The highest BCUT2D eigenvalue weighted by molar-refractivity contribution is 6.44. The Hall–Kier alpha value is -3.65. The molecule has 0 amide bonds. The van der Waals surface area contributed by atoms with Gasteiger partial charge in [-0.05, 0) is 148 Å². The first-order valence-corrected chi connectivity index (χ1v) is 24.0. The number of carboxylic acids is 1. The van der Waals surface area contributed by atoms with Crippen LogP contribution in [0.15, 0.2) is 53.3 Å². The standard InChI is InChI=1S/C31H48O6.C18H17Cl3N6/c1-17(2)9-8-10-20(28(35)36)26-22-15-24(34)27-29(5)13-12-23(33)18(3)21(29)11-14-30(27,6)31(22,7)16-25(26)37-19(4)32;19-10-7-11(20)15-13(8-10)25-14(16(15)21)9-22-4-2-6-24-18-26-12-3-1-5-23-17(12)27-18/h9,18,21-25,27,33-34H,8,10-16H2,1-7H3,(H,35,36);1,3,5,7-8,22,25H,2,4,6,9H2,(H2,23,24,26,27)/b26-20+;/t18-,21-,22-,23+,24?,25-,27?,29-,30-,31-;/m0./s1. The molecule has 0 radical (unpaired) electrons. The molecule has 4 fully saturated rings. The number of fused-ring (bicyclic) bond motifs is 7. The fourth-order valence-corrected chi connectivity index (χ4v) is 13.7. The van der Waals surface area contributed by atoms with Crippen LogP contribution in [0.1, 0.15) is 112 Å². The van der Waals surface area contributed by atoms with Crippen LogP contribution >= 0.6 is 34.8 Å². The van der Waals surface area contributed by atoms with Crippen LogP contribution in [0.5, 0.6) is 0 Å². The van der Waals surface area contributed by atoms with E-state index in [-0.39, 0.29) is 40.1 Å². The molecule has 3 aromatic heterocycles. The van der Waals surface area contributed by atoms with E-state index in [9.17, 15) is 24.9 Å². The van der Waals surface area contributed by atoms with E-state index in [2.05, 4.69) is 58.3 Å². The SMILES string of the molecule is CC(=O)O[C@H]1C[C@@]2(C)[C@@H](CC(O)C3[C@]2(C)CC[C@H]2[C@H](C)[C@H](O)CC[C@]32C)/C1=C(/CCC=C(C)C)C(=O)O.Clc1cc(Cl)c2c(Cl)c(CNCCCNc3nc4ncccc4[nH]3)[nH]c2c1. The largest absolute Gasteiger partial charge is 0.478 e. The lowest BCUT2D eigenvalue weighted by atomic mass is 9.36. The molecule has 2 unspecified atom stereocenters. The molecule has 0 bridgehead atoms. The molecule has 7 N–H and O–H groups in total. The second-order valence-electron chi connectivity index (χ2n) is 19.8. The molecule has 4 aromatic rings. The predicted molar refractivity (Wildman–Crippen MR) is 255 cm³/mol. The van der Waals surface area contributed by atoms with Crippen molar-refractivity contribution >= 4 is 74.8 Å². The maximum absolute atomic E-state index is 12.6. The third-order valence-electron chi connectivity index (χ3n) is 15.8. The van der Waals surface area contributed by atoms with Crippen molar-refractivity contribution in [3.63, 3.8) is 0 Å². The monoisotopic (exact) mass is 938 g/mol. The number of aliphatic hydroxyl groups is 2. The molecule has 4 aliphatic carbocycles. The maximum Gasteiger partial charge on any atom is 0.331 e. The van der Waals surface area contributed by atoms with Crippen molar-refractivity contribution in [3.8, 4) is 0 Å². The number of esters is 1. The van der Waals surface area contributed by atoms with Crippen molar-refractivity contribution in [2.45, 2.75) is 131 Å². The molecule has 10 atom stereocenters. The van der Waals surface area contributed by atoms with Crippen molar-refractivity contribution in [1.29, 1.82) is 0 Å². The number of pyridine rings is 1. The van der Waals surface area contributed by atoms with E-state index >= 15 is 0 Å². The number of imidazole rings is 1. The molecule has 0 spiro atoms. The predicted octanol–water partition coefficient (Wildman–Crippen LogP) is 10.7. The third kappa shape index (κ3) is 9.21. The van der Waals surface area contributed by atoms with Gasteiger partial charge in [-0.1, -0.05) is 74.1 Å². The van der Waals surface area contributed by atoms with Gasteiger partial charge in [0.15, 0.2) is 5.65 Å². The molecule has 0 aliphatic heterocycles. The van der Waals surface area contributed by atoms with Crippen LogP contribution in [0, 0.1) is 39.9 Å². The van der Waals surface area contributed by atoms with E-state index in [1.165, 1.54) is 6.92 Å². The number of aliphatic hydroxyl groups excluding tert-OH is 2. The lowest BCUT2D eigenvalue weighted by Crippen LogP contribution is -2.65. The molecule has 64 heavy (non-hydrogen) atoms. The number of carbonyl (C=O) groups excluding carboxylic acids is 1. The Morgan fingerprint density at radius 3 is 2.47 bits per heavy atom. The fourth-order valence-electron chi connectivity index (χ4n) is 12.7. The molecular formula is C49H65Cl3N6O6. The molecule has 3 heterocycles. The van der Waals surface area contributed by atoms with Gasteiger partial charge in [0.25, 0.3) is 0 Å². The van der Waals surface area contributed by atoms with E-state index in [4.69, 9.17) is 39.5 Å². The van der Waals surface area contributed by atoms with Crippen LogP contribution in [0.25, 0.3) is 22.1 Å². The van der Waals surface area contributed by atoms with Crippen LogP contribution in [0.2, 0.25) is 15.1 Å². The summed E-state index contributed by atoms with van der Waals surface area (Å²) in [4.78, 5) is 39.9. The number of hydrogen-bond acceptors (Lipinski definition) is 9. The van der Waals surface area contributed by atoms with Crippen LogP contribution in [-0.4, -0.2) is 78.6 Å². The smallest absolute Gasteiger partial charge is 0.331 e. The van der Waals surface area contributed by atoms with Crippen molar-refractivity contribution in [1.82, 2.24) is 25.3 Å². The van der Waals surface area contributed by atoms with E-state index in [0.717, 1.165) is 84.4 Å². The molecule has 0 saturated heterocycles. The van der Waals surface area contributed by atoms with Crippen molar-refractivity contribution < 1.29 is 29.6 Å². The number of carbonyl (C=O) groups is 2. The Bertz CT molecular complexity index is 2400. The van der Waals surface area contributed by atoms with Gasteiger partial charge in [0.1, 0.15) is 6.10 Å². The minimum atomic E-state index is -0.953. The molecular weight excluding hydrogens is 875 g/mol. The Balaban J connectivity index is 0.000000201. The summed E-state index contributed by atoms with van der Waals surface area (Å²) in [6.07, 6.45) is 8.88. The number of nitrogens with zero attached hydrogens (tertiary/aromatic N) is 2. The first-order chi connectivity index (χ1) is 30.3. The molecule has 15 heteroatoms. The third-order valence-corrected chi connectivity index (χ3v) is 16.7. The number of H-pyrrole nitrogens is 2. The molecule has 348 valence electrons. The number of rotatable bonds is 12. The van der Waals surface area contributed by atoms with Gasteiger partial charge in [-0.2, -0.15) is 4.98 Å². The highest BCUT2D eigenvalue weighted by Gasteiger charge is 2.70. The summed E-state index contributed by atoms with van der Waals surface area (Å²) in [5, 5.41) is 42.1. The number of halogens is 3. The average molecular weight is 940 g/mol. The Labute approximate surface area is 391 Å². The van der Waals surface area contributed by atoms with Crippen molar-refractivity contribution in [2.75, 3.05) is 18.4 Å². The summed E-state index contributed by atoms with van der Waals surface area (Å²) in [6, 6.07) is 7.35. The average Bonchev–Trinajstić information content (AvgIpc) is 3.86. The molecule has 1 aromatic carbocycles. The second-order valence-corrected chi connectivity index (χ2v) is 21.0. The Morgan fingerprint density at radius 2 is 1.77 bits per heavy atom. The molecule has 12 nitrogen and oxygen atoms in total. The van der Waals surface area contributed by atoms with Gasteiger partial charge >= 0.3 is 11.9 Å². The fraction of sp³-hybridized carbons (Fsp3) is 0.592. The number of allylic oxidation sites excluding steroid dienone is 2. The van der Waals surface area contributed by atoms with E-state index in [0.29, 0.717) is 64.4 Å². The topological polar surface area (TPSA) is 185 Å². The first-order valence-electron chi connectivity index (χ1n) is 22.8. The zero-order valence-corrected chi connectivity index (χ0v) is 40.4. The van der Waals surface area contributed by atoms with Crippen LogP contribution in [0.3, 0.4) is 0 Å². The van der Waals surface area contributed by atoms with Gasteiger partial charge in [-0.3, -0.25) is 4.79 Å². The highest BCUT2D eigenvalue weighted by Crippen LogP contribution is 2.74. The Morgan fingerprint density at radius 1 is 1.00 bits per heavy atom. The zero-order valence-electron chi connectivity index (χ0n) is 38.1. The van der Waals surface area contributed by atoms with Gasteiger partial charge in [0, 0.05) is 47.9 Å².